The predicted molar refractivity (Wildman–Crippen MR) is 89.1 cm³/mol. The number of halogens is 3. The summed E-state index contributed by atoms with van der Waals surface area (Å²) >= 11 is 0. The number of rotatable bonds is 5. The lowest BCUT2D eigenvalue weighted by Gasteiger charge is -2.14. The molecule has 0 aliphatic heterocycles. The monoisotopic (exact) mass is 336 g/mol. The number of alkyl halides is 3. The Kier molecular flexibility index (Phi) is 5.49. The molecule has 0 atom stereocenters. The van der Waals surface area contributed by atoms with Crippen LogP contribution in [0, 0.1) is 13.8 Å². The minimum Gasteiger partial charge on any atom is -0.385 e. The lowest BCUT2D eigenvalue weighted by Crippen LogP contribution is -2.19. The fourth-order valence-corrected chi connectivity index (χ4v) is 2.22. The van der Waals surface area contributed by atoms with Crippen LogP contribution in [0.5, 0.6) is 0 Å². The van der Waals surface area contributed by atoms with Crippen molar-refractivity contribution >= 4 is 17.3 Å². The van der Waals surface area contributed by atoms with Gasteiger partial charge in [0.15, 0.2) is 0 Å². The molecule has 0 bridgehead atoms. The molecule has 0 unspecified atom stereocenters. The van der Waals surface area contributed by atoms with E-state index in [1.807, 2.05) is 32.0 Å². The molecular formula is C18H19F3N2O. The van der Waals surface area contributed by atoms with Crippen molar-refractivity contribution < 1.29 is 18.0 Å². The van der Waals surface area contributed by atoms with Gasteiger partial charge in [0.1, 0.15) is 0 Å². The van der Waals surface area contributed by atoms with Crippen LogP contribution in [0.2, 0.25) is 0 Å². The van der Waals surface area contributed by atoms with Crippen molar-refractivity contribution in [3.05, 3.63) is 59.2 Å². The molecule has 0 fully saturated rings. The Labute approximate surface area is 138 Å². The van der Waals surface area contributed by atoms with Gasteiger partial charge in [-0.25, -0.2) is 0 Å². The Bertz CT molecular complexity index is 726. The van der Waals surface area contributed by atoms with E-state index in [-0.39, 0.29) is 12.1 Å². The lowest BCUT2D eigenvalue weighted by atomic mass is 10.1. The second-order valence-electron chi connectivity index (χ2n) is 5.57. The molecule has 6 heteroatoms. The van der Waals surface area contributed by atoms with Gasteiger partial charge in [0.25, 0.3) is 0 Å². The third kappa shape index (κ3) is 4.75. The summed E-state index contributed by atoms with van der Waals surface area (Å²) in [5.74, 6) is -0.469. The van der Waals surface area contributed by atoms with Crippen molar-refractivity contribution in [3.8, 4) is 0 Å². The third-order valence-corrected chi connectivity index (χ3v) is 3.69. The topological polar surface area (TPSA) is 41.1 Å². The summed E-state index contributed by atoms with van der Waals surface area (Å²) in [4.78, 5) is 11.9. The number of hydrogen-bond donors (Lipinski definition) is 2. The summed E-state index contributed by atoms with van der Waals surface area (Å²) in [5, 5.41) is 5.42. The first-order chi connectivity index (χ1) is 11.3. The Hall–Kier alpha value is -2.50. The van der Waals surface area contributed by atoms with Crippen LogP contribution in [-0.2, 0) is 11.0 Å². The van der Waals surface area contributed by atoms with Gasteiger partial charge in [0, 0.05) is 18.7 Å². The molecule has 0 aliphatic carbocycles. The van der Waals surface area contributed by atoms with Crippen LogP contribution in [-0.4, -0.2) is 12.5 Å². The van der Waals surface area contributed by atoms with Crippen LogP contribution in [0.1, 0.15) is 23.1 Å². The van der Waals surface area contributed by atoms with Crippen molar-refractivity contribution in [1.82, 2.24) is 0 Å². The summed E-state index contributed by atoms with van der Waals surface area (Å²) in [5.41, 5.74) is 2.11. The number of carbonyl (C=O) groups is 1. The standard InChI is InChI=1S/C18H19F3N2O/c1-12-7-8-14(11-13(12)2)22-10-9-17(24)23-16-6-4-3-5-15(16)18(19,20)21/h3-8,11,22H,9-10H2,1-2H3,(H,23,24). The number of amides is 1. The van der Waals surface area contributed by atoms with Crippen LogP contribution in [0.15, 0.2) is 42.5 Å². The van der Waals surface area contributed by atoms with Gasteiger partial charge in [-0.05, 0) is 49.2 Å². The molecule has 0 aliphatic rings. The molecule has 2 aromatic carbocycles. The molecule has 24 heavy (non-hydrogen) atoms. The highest BCUT2D eigenvalue weighted by Crippen LogP contribution is 2.34. The van der Waals surface area contributed by atoms with E-state index in [1.165, 1.54) is 23.8 Å². The molecule has 0 radical (unpaired) electrons. The zero-order valence-electron chi connectivity index (χ0n) is 13.5. The number of hydrogen-bond acceptors (Lipinski definition) is 2. The second-order valence-corrected chi connectivity index (χ2v) is 5.57. The molecule has 2 N–H and O–H groups in total. The van der Waals surface area contributed by atoms with E-state index in [9.17, 15) is 18.0 Å². The summed E-state index contributed by atoms with van der Waals surface area (Å²) in [7, 11) is 0. The normalized spacial score (nSPS) is 11.2. The molecule has 2 aromatic rings. The van der Waals surface area contributed by atoms with Crippen LogP contribution in [0.25, 0.3) is 0 Å². The van der Waals surface area contributed by atoms with Gasteiger partial charge in [0.2, 0.25) is 5.91 Å². The summed E-state index contributed by atoms with van der Waals surface area (Å²) < 4.78 is 38.6. The van der Waals surface area contributed by atoms with Gasteiger partial charge in [-0.3, -0.25) is 4.79 Å². The largest absolute Gasteiger partial charge is 0.418 e. The van der Waals surface area contributed by atoms with Crippen molar-refractivity contribution in [2.24, 2.45) is 0 Å². The number of para-hydroxylation sites is 1. The van der Waals surface area contributed by atoms with Crippen molar-refractivity contribution in [2.45, 2.75) is 26.4 Å². The minimum atomic E-state index is -4.50. The second kappa shape index (κ2) is 7.38. The highest BCUT2D eigenvalue weighted by Gasteiger charge is 2.33. The Balaban J connectivity index is 1.91. The zero-order chi connectivity index (χ0) is 17.7. The first-order valence-electron chi connectivity index (χ1n) is 7.54. The molecule has 2 rings (SSSR count). The molecule has 0 saturated carbocycles. The number of carbonyl (C=O) groups excluding carboxylic acids is 1. The van der Waals surface area contributed by atoms with Gasteiger partial charge in [0.05, 0.1) is 11.3 Å². The molecule has 0 heterocycles. The van der Waals surface area contributed by atoms with Crippen molar-refractivity contribution in [2.75, 3.05) is 17.2 Å². The quantitative estimate of drug-likeness (QED) is 0.826. The van der Waals surface area contributed by atoms with E-state index in [2.05, 4.69) is 10.6 Å². The first-order valence-corrected chi connectivity index (χ1v) is 7.54. The summed E-state index contributed by atoms with van der Waals surface area (Å²) in [6.07, 6.45) is -4.43. The third-order valence-electron chi connectivity index (χ3n) is 3.69. The Morgan fingerprint density at radius 3 is 2.42 bits per heavy atom. The van der Waals surface area contributed by atoms with Gasteiger partial charge >= 0.3 is 6.18 Å². The molecule has 0 saturated heterocycles. The van der Waals surface area contributed by atoms with Gasteiger partial charge in [-0.1, -0.05) is 18.2 Å². The zero-order valence-corrected chi connectivity index (χ0v) is 13.5. The lowest BCUT2D eigenvalue weighted by molar-refractivity contribution is -0.137. The Morgan fingerprint density at radius 1 is 1.04 bits per heavy atom. The van der Waals surface area contributed by atoms with E-state index in [4.69, 9.17) is 0 Å². The van der Waals surface area contributed by atoms with E-state index in [0.717, 1.165) is 17.3 Å². The maximum Gasteiger partial charge on any atom is 0.418 e. The van der Waals surface area contributed by atoms with Crippen LogP contribution < -0.4 is 10.6 Å². The number of anilines is 2. The SMILES string of the molecule is Cc1ccc(NCCC(=O)Nc2ccccc2C(F)(F)F)cc1C. The van der Waals surface area contributed by atoms with Gasteiger partial charge in [-0.2, -0.15) is 13.2 Å². The average molecular weight is 336 g/mol. The van der Waals surface area contributed by atoms with E-state index < -0.39 is 17.6 Å². The fraction of sp³-hybridized carbons (Fsp3) is 0.278. The van der Waals surface area contributed by atoms with Crippen LogP contribution in [0.3, 0.4) is 0 Å². The van der Waals surface area contributed by atoms with Crippen molar-refractivity contribution in [3.63, 3.8) is 0 Å². The van der Waals surface area contributed by atoms with Crippen molar-refractivity contribution in [1.29, 1.82) is 0 Å². The molecule has 0 aromatic heterocycles. The van der Waals surface area contributed by atoms with Gasteiger partial charge in [-0.15, -0.1) is 0 Å². The molecule has 1 amide bonds. The summed E-state index contributed by atoms with van der Waals surface area (Å²) in [6.45, 7) is 4.33. The minimum absolute atomic E-state index is 0.0686. The number of benzene rings is 2. The molecule has 0 spiro atoms. The summed E-state index contributed by atoms with van der Waals surface area (Å²) in [6, 6.07) is 10.8. The first kappa shape index (κ1) is 17.8. The molecule has 3 nitrogen and oxygen atoms in total. The van der Waals surface area contributed by atoms with E-state index >= 15 is 0 Å². The maximum atomic E-state index is 12.9. The van der Waals surface area contributed by atoms with E-state index in [0.29, 0.717) is 6.54 Å². The smallest absolute Gasteiger partial charge is 0.385 e. The predicted octanol–water partition coefficient (Wildman–Crippen LogP) is 4.76. The average Bonchev–Trinajstić information content (AvgIpc) is 2.50. The number of nitrogens with one attached hydrogen (secondary N) is 2. The van der Waals surface area contributed by atoms with Crippen LogP contribution >= 0.6 is 0 Å². The molecule has 128 valence electrons. The number of aryl methyl sites for hydroxylation is 2. The van der Waals surface area contributed by atoms with E-state index in [1.54, 1.807) is 0 Å². The van der Waals surface area contributed by atoms with Gasteiger partial charge < -0.3 is 10.6 Å². The Morgan fingerprint density at radius 2 is 1.75 bits per heavy atom. The highest BCUT2D eigenvalue weighted by atomic mass is 19.4. The molecular weight excluding hydrogens is 317 g/mol. The fourth-order valence-electron chi connectivity index (χ4n) is 2.22. The van der Waals surface area contributed by atoms with Crippen LogP contribution in [0.4, 0.5) is 24.5 Å². The highest BCUT2D eigenvalue weighted by molar-refractivity contribution is 5.91. The maximum absolute atomic E-state index is 12.9.